The first-order valence-corrected chi connectivity index (χ1v) is 6.55. The zero-order valence-electron chi connectivity index (χ0n) is 10.6. The molecular weight excluding hydrogens is 276 g/mol. The van der Waals surface area contributed by atoms with Crippen molar-refractivity contribution in [2.24, 2.45) is 5.84 Å². The number of aromatic nitrogens is 1. The Morgan fingerprint density at radius 1 is 1.35 bits per heavy atom. The molecule has 0 aliphatic carbocycles. The topological polar surface area (TPSA) is 71.2 Å². The van der Waals surface area contributed by atoms with Gasteiger partial charge < -0.3 is 10.3 Å². The van der Waals surface area contributed by atoms with E-state index in [1.165, 1.54) is 0 Å². The number of anilines is 2. The molecule has 0 spiro atoms. The van der Waals surface area contributed by atoms with Crippen molar-refractivity contribution in [3.63, 3.8) is 0 Å². The number of hydrogen-bond acceptors (Lipinski definition) is 4. The average Bonchev–Trinajstić information content (AvgIpc) is 2.75. The zero-order chi connectivity index (χ0) is 14.1. The van der Waals surface area contributed by atoms with E-state index in [2.05, 4.69) is 10.4 Å². The molecule has 6 heteroatoms. The van der Waals surface area contributed by atoms with E-state index in [0.717, 1.165) is 22.6 Å². The highest BCUT2D eigenvalue weighted by molar-refractivity contribution is 6.31. The number of fused-ring (bicyclic) bond motifs is 1. The predicted molar refractivity (Wildman–Crippen MR) is 78.4 cm³/mol. The molecule has 0 bridgehead atoms. The van der Waals surface area contributed by atoms with Crippen molar-refractivity contribution in [1.29, 1.82) is 0 Å². The lowest BCUT2D eigenvalue weighted by Crippen LogP contribution is -2.26. The van der Waals surface area contributed by atoms with Gasteiger partial charge in [-0.15, -0.1) is 0 Å². The summed E-state index contributed by atoms with van der Waals surface area (Å²) in [4.78, 5) is 18.1. The standard InChI is InChI=1S/C14H13ClN4O/c15-10-2-1-9-5-14(20)19(13(9)6-10)8-12-7-11(18-16)3-4-17-12/h1-4,6-7H,5,8,16H2,(H,17,18). The fourth-order valence-corrected chi connectivity index (χ4v) is 2.49. The minimum absolute atomic E-state index is 0.0511. The molecule has 0 radical (unpaired) electrons. The van der Waals surface area contributed by atoms with E-state index in [1.807, 2.05) is 18.2 Å². The van der Waals surface area contributed by atoms with Crippen molar-refractivity contribution in [3.05, 3.63) is 52.8 Å². The summed E-state index contributed by atoms with van der Waals surface area (Å²) in [5, 5.41) is 0.619. The summed E-state index contributed by atoms with van der Waals surface area (Å²) in [5.74, 6) is 5.43. The van der Waals surface area contributed by atoms with E-state index in [-0.39, 0.29) is 5.91 Å². The van der Waals surface area contributed by atoms with E-state index >= 15 is 0 Å². The van der Waals surface area contributed by atoms with Crippen molar-refractivity contribution in [2.75, 3.05) is 10.3 Å². The van der Waals surface area contributed by atoms with Crippen LogP contribution in [-0.2, 0) is 17.8 Å². The molecule has 5 nitrogen and oxygen atoms in total. The second-order valence-corrected chi connectivity index (χ2v) is 5.05. The van der Waals surface area contributed by atoms with Crippen molar-refractivity contribution in [2.45, 2.75) is 13.0 Å². The maximum atomic E-state index is 12.1. The number of nitrogens with one attached hydrogen (secondary N) is 1. The van der Waals surface area contributed by atoms with Gasteiger partial charge in [0.2, 0.25) is 5.91 Å². The van der Waals surface area contributed by atoms with Crippen LogP contribution in [0.1, 0.15) is 11.3 Å². The number of hydrogen-bond donors (Lipinski definition) is 2. The number of halogens is 1. The van der Waals surface area contributed by atoms with Gasteiger partial charge in [-0.25, -0.2) is 0 Å². The molecule has 3 rings (SSSR count). The molecule has 1 aliphatic rings. The Morgan fingerprint density at radius 3 is 3.00 bits per heavy atom. The average molecular weight is 289 g/mol. The second kappa shape index (κ2) is 5.11. The Labute approximate surface area is 121 Å². The van der Waals surface area contributed by atoms with Crippen molar-refractivity contribution in [3.8, 4) is 0 Å². The normalized spacial score (nSPS) is 13.5. The monoisotopic (exact) mass is 288 g/mol. The number of amides is 1. The van der Waals surface area contributed by atoms with Crippen molar-refractivity contribution < 1.29 is 4.79 Å². The number of nitrogens with zero attached hydrogens (tertiary/aromatic N) is 2. The van der Waals surface area contributed by atoms with Gasteiger partial charge in [-0.3, -0.25) is 15.6 Å². The van der Waals surface area contributed by atoms with E-state index in [4.69, 9.17) is 17.4 Å². The zero-order valence-corrected chi connectivity index (χ0v) is 11.4. The SMILES string of the molecule is NNc1ccnc(CN2C(=O)Cc3ccc(Cl)cc32)c1. The first-order valence-electron chi connectivity index (χ1n) is 6.18. The predicted octanol–water partition coefficient (Wildman–Crippen LogP) is 2.11. The quantitative estimate of drug-likeness (QED) is 0.670. The molecule has 1 aromatic carbocycles. The lowest BCUT2D eigenvalue weighted by Gasteiger charge is -2.17. The third-order valence-corrected chi connectivity index (χ3v) is 3.52. The molecule has 1 amide bonds. The molecule has 0 fully saturated rings. The first kappa shape index (κ1) is 12.9. The molecule has 20 heavy (non-hydrogen) atoms. The van der Waals surface area contributed by atoms with Gasteiger partial charge in [-0.2, -0.15) is 0 Å². The molecular formula is C14H13ClN4O. The molecule has 0 atom stereocenters. The highest BCUT2D eigenvalue weighted by atomic mass is 35.5. The van der Waals surface area contributed by atoms with Crippen LogP contribution in [0.5, 0.6) is 0 Å². The Hall–Kier alpha value is -2.11. The lowest BCUT2D eigenvalue weighted by atomic mass is 10.2. The maximum absolute atomic E-state index is 12.1. The summed E-state index contributed by atoms with van der Waals surface area (Å²) in [6.45, 7) is 0.404. The summed E-state index contributed by atoms with van der Waals surface area (Å²) in [5.41, 5.74) is 5.94. The number of pyridine rings is 1. The van der Waals surface area contributed by atoms with E-state index in [9.17, 15) is 4.79 Å². The number of hydrazine groups is 1. The number of carbonyl (C=O) groups is 1. The van der Waals surface area contributed by atoms with Crippen LogP contribution in [0, 0.1) is 0 Å². The first-order chi connectivity index (χ1) is 9.67. The van der Waals surface area contributed by atoms with Crippen LogP contribution in [0.4, 0.5) is 11.4 Å². The van der Waals surface area contributed by atoms with Crippen LogP contribution in [-0.4, -0.2) is 10.9 Å². The molecule has 0 saturated heterocycles. The van der Waals surface area contributed by atoms with E-state index in [1.54, 1.807) is 23.2 Å². The summed E-state index contributed by atoms with van der Waals surface area (Å²) in [7, 11) is 0. The van der Waals surface area contributed by atoms with Gasteiger partial charge in [0.05, 0.1) is 24.3 Å². The molecule has 0 unspecified atom stereocenters. The largest absolute Gasteiger partial charge is 0.324 e. The molecule has 0 saturated carbocycles. The number of carbonyl (C=O) groups excluding carboxylic acids is 1. The van der Waals surface area contributed by atoms with Gasteiger partial charge in [-0.1, -0.05) is 17.7 Å². The number of benzene rings is 1. The van der Waals surface area contributed by atoms with Crippen molar-refractivity contribution in [1.82, 2.24) is 4.98 Å². The summed E-state index contributed by atoms with van der Waals surface area (Å²) < 4.78 is 0. The van der Waals surface area contributed by atoms with Gasteiger partial charge >= 0.3 is 0 Å². The third kappa shape index (κ3) is 2.33. The van der Waals surface area contributed by atoms with Crippen LogP contribution in [0.3, 0.4) is 0 Å². The summed E-state index contributed by atoms with van der Waals surface area (Å²) in [6, 6.07) is 9.08. The minimum Gasteiger partial charge on any atom is -0.324 e. The summed E-state index contributed by atoms with van der Waals surface area (Å²) in [6.07, 6.45) is 2.06. The third-order valence-electron chi connectivity index (χ3n) is 3.28. The van der Waals surface area contributed by atoms with E-state index in [0.29, 0.717) is 18.0 Å². The Bertz CT molecular complexity index is 674. The van der Waals surface area contributed by atoms with Crippen LogP contribution in [0.25, 0.3) is 0 Å². The molecule has 2 heterocycles. The number of nitrogen functional groups attached to an aromatic ring is 1. The smallest absolute Gasteiger partial charge is 0.231 e. The number of rotatable bonds is 3. The molecule has 3 N–H and O–H groups in total. The fraction of sp³-hybridized carbons (Fsp3) is 0.143. The molecule has 1 aromatic heterocycles. The Kier molecular flexibility index (Phi) is 3.30. The Morgan fingerprint density at radius 2 is 2.20 bits per heavy atom. The maximum Gasteiger partial charge on any atom is 0.231 e. The van der Waals surface area contributed by atoms with E-state index < -0.39 is 0 Å². The molecule has 1 aliphatic heterocycles. The van der Waals surface area contributed by atoms with Gasteiger partial charge in [0.25, 0.3) is 0 Å². The van der Waals surface area contributed by atoms with Gasteiger partial charge in [0.15, 0.2) is 0 Å². The highest BCUT2D eigenvalue weighted by Crippen LogP contribution is 2.32. The van der Waals surface area contributed by atoms with Gasteiger partial charge in [0, 0.05) is 16.9 Å². The van der Waals surface area contributed by atoms with Crippen LogP contribution >= 0.6 is 11.6 Å². The molecule has 2 aromatic rings. The minimum atomic E-state index is 0.0511. The summed E-state index contributed by atoms with van der Waals surface area (Å²) >= 11 is 6.01. The molecule has 102 valence electrons. The van der Waals surface area contributed by atoms with Gasteiger partial charge in [-0.05, 0) is 29.8 Å². The van der Waals surface area contributed by atoms with Gasteiger partial charge in [0.1, 0.15) is 0 Å². The number of nitrogens with two attached hydrogens (primary N) is 1. The van der Waals surface area contributed by atoms with Crippen LogP contribution < -0.4 is 16.2 Å². The Balaban J connectivity index is 1.91. The van der Waals surface area contributed by atoms with Crippen LogP contribution in [0.2, 0.25) is 5.02 Å². The highest BCUT2D eigenvalue weighted by Gasteiger charge is 2.27. The van der Waals surface area contributed by atoms with Crippen LogP contribution in [0.15, 0.2) is 36.5 Å². The second-order valence-electron chi connectivity index (χ2n) is 4.61. The van der Waals surface area contributed by atoms with Crippen molar-refractivity contribution >= 4 is 28.9 Å². The lowest BCUT2D eigenvalue weighted by molar-refractivity contribution is -0.117. The fourth-order valence-electron chi connectivity index (χ4n) is 2.32.